The molecule has 0 saturated carbocycles. The molecule has 104 valence electrons. The minimum atomic E-state index is -0.345. The molecule has 0 aliphatic heterocycles. The molecule has 1 amide bonds. The molecule has 0 aliphatic rings. The Bertz CT molecular complexity index is 725. The molecular formula is C17H14N2O2. The average Bonchev–Trinajstić information content (AvgIpc) is 2.50. The van der Waals surface area contributed by atoms with Crippen molar-refractivity contribution < 1.29 is 9.90 Å². The average molecular weight is 278 g/mol. The van der Waals surface area contributed by atoms with E-state index in [-0.39, 0.29) is 11.7 Å². The topological polar surface area (TPSA) is 61.7 Å². The van der Waals surface area contributed by atoms with Gasteiger partial charge >= 0.3 is 0 Å². The second-order valence-electron chi connectivity index (χ2n) is 4.48. The second-order valence-corrected chi connectivity index (χ2v) is 4.48. The summed E-state index contributed by atoms with van der Waals surface area (Å²) in [4.78, 5) is 11.8. The minimum Gasteiger partial charge on any atom is -0.507 e. The summed E-state index contributed by atoms with van der Waals surface area (Å²) >= 11 is 0. The molecule has 4 heteroatoms. The molecule has 0 saturated heterocycles. The van der Waals surface area contributed by atoms with Crippen LogP contribution in [0.15, 0.2) is 47.6 Å². The van der Waals surface area contributed by atoms with Crippen LogP contribution in [0, 0.1) is 19.3 Å². The maximum absolute atomic E-state index is 11.8. The lowest BCUT2D eigenvalue weighted by Gasteiger charge is -2.01. The molecule has 21 heavy (non-hydrogen) atoms. The van der Waals surface area contributed by atoms with Gasteiger partial charge in [-0.05, 0) is 43.3 Å². The molecule has 4 nitrogen and oxygen atoms in total. The lowest BCUT2D eigenvalue weighted by Crippen LogP contribution is -2.17. The maximum atomic E-state index is 11.8. The number of carbonyl (C=O) groups is 1. The molecule has 0 radical (unpaired) electrons. The van der Waals surface area contributed by atoms with Crippen molar-refractivity contribution in [3.05, 3.63) is 64.7 Å². The smallest absolute Gasteiger partial charge is 0.271 e. The van der Waals surface area contributed by atoms with E-state index in [1.54, 1.807) is 42.5 Å². The summed E-state index contributed by atoms with van der Waals surface area (Å²) < 4.78 is 0. The van der Waals surface area contributed by atoms with Crippen LogP contribution in [0.1, 0.15) is 27.0 Å². The standard InChI is InChI=1S/C17H14N2O2/c1-3-13-5-7-14(8-6-13)17(21)19-18-11-15-10-12(2)4-9-16(15)20/h1,4-11,20H,2H3,(H,19,21)/b18-11+. The van der Waals surface area contributed by atoms with Crippen LogP contribution in [0.3, 0.4) is 0 Å². The van der Waals surface area contributed by atoms with E-state index in [1.165, 1.54) is 6.21 Å². The lowest BCUT2D eigenvalue weighted by molar-refractivity contribution is 0.0955. The van der Waals surface area contributed by atoms with Gasteiger partial charge in [0.2, 0.25) is 0 Å². The van der Waals surface area contributed by atoms with E-state index in [9.17, 15) is 9.90 Å². The van der Waals surface area contributed by atoms with Gasteiger partial charge in [-0.15, -0.1) is 6.42 Å². The van der Waals surface area contributed by atoms with E-state index >= 15 is 0 Å². The summed E-state index contributed by atoms with van der Waals surface area (Å²) in [6, 6.07) is 11.8. The third-order valence-corrected chi connectivity index (χ3v) is 2.87. The second kappa shape index (κ2) is 6.40. The number of aromatic hydroxyl groups is 1. The fourth-order valence-corrected chi connectivity index (χ4v) is 1.72. The van der Waals surface area contributed by atoms with Crippen LogP contribution in [0.5, 0.6) is 5.75 Å². The quantitative estimate of drug-likeness (QED) is 0.514. The number of amides is 1. The molecule has 0 aliphatic carbocycles. The lowest BCUT2D eigenvalue weighted by atomic mass is 10.1. The first-order valence-electron chi connectivity index (χ1n) is 6.30. The zero-order valence-electron chi connectivity index (χ0n) is 11.5. The number of carbonyl (C=O) groups excluding carboxylic acids is 1. The Morgan fingerprint density at radius 2 is 2.00 bits per heavy atom. The van der Waals surface area contributed by atoms with Crippen molar-refractivity contribution >= 4 is 12.1 Å². The van der Waals surface area contributed by atoms with Crippen LogP contribution in [0.4, 0.5) is 0 Å². The van der Waals surface area contributed by atoms with Crippen molar-refractivity contribution in [2.24, 2.45) is 5.10 Å². The highest BCUT2D eigenvalue weighted by atomic mass is 16.3. The van der Waals surface area contributed by atoms with Gasteiger partial charge in [-0.1, -0.05) is 17.6 Å². The minimum absolute atomic E-state index is 0.108. The molecule has 2 N–H and O–H groups in total. The number of hydrazone groups is 1. The number of phenols is 1. The number of rotatable bonds is 3. The largest absolute Gasteiger partial charge is 0.507 e. The van der Waals surface area contributed by atoms with Gasteiger partial charge in [0.15, 0.2) is 0 Å². The molecule has 0 fully saturated rings. The number of hydrogen-bond acceptors (Lipinski definition) is 3. The molecule has 2 rings (SSSR count). The number of aryl methyl sites for hydroxylation is 1. The fraction of sp³-hybridized carbons (Fsp3) is 0.0588. The summed E-state index contributed by atoms with van der Waals surface area (Å²) in [7, 11) is 0. The molecular weight excluding hydrogens is 264 g/mol. The molecule has 0 bridgehead atoms. The zero-order valence-corrected chi connectivity index (χ0v) is 11.5. The molecule has 0 spiro atoms. The van der Waals surface area contributed by atoms with Crippen molar-refractivity contribution in [2.75, 3.05) is 0 Å². The Kier molecular flexibility index (Phi) is 4.37. The number of benzene rings is 2. The van der Waals surface area contributed by atoms with Crippen LogP contribution >= 0.6 is 0 Å². The van der Waals surface area contributed by atoms with E-state index in [4.69, 9.17) is 6.42 Å². The maximum Gasteiger partial charge on any atom is 0.271 e. The van der Waals surface area contributed by atoms with E-state index in [1.807, 2.05) is 6.92 Å². The van der Waals surface area contributed by atoms with Crippen molar-refractivity contribution in [3.63, 3.8) is 0 Å². The first-order valence-corrected chi connectivity index (χ1v) is 6.30. The summed E-state index contributed by atoms with van der Waals surface area (Å²) in [5, 5.41) is 13.5. The number of terminal acetylenes is 1. The highest BCUT2D eigenvalue weighted by molar-refractivity contribution is 5.95. The van der Waals surface area contributed by atoms with Gasteiger partial charge in [-0.3, -0.25) is 4.79 Å². The van der Waals surface area contributed by atoms with E-state index in [0.717, 1.165) is 5.56 Å². The Morgan fingerprint density at radius 3 is 2.67 bits per heavy atom. The zero-order chi connectivity index (χ0) is 15.2. The highest BCUT2D eigenvalue weighted by Crippen LogP contribution is 2.15. The van der Waals surface area contributed by atoms with Crippen molar-refractivity contribution in [2.45, 2.75) is 6.92 Å². The predicted molar refractivity (Wildman–Crippen MR) is 82.3 cm³/mol. The Labute approximate surface area is 123 Å². The summed E-state index contributed by atoms with van der Waals surface area (Å²) in [6.07, 6.45) is 6.65. The predicted octanol–water partition coefficient (Wildman–Crippen LogP) is 2.45. The molecule has 0 atom stereocenters. The van der Waals surface area contributed by atoms with Gasteiger partial charge in [0.05, 0.1) is 6.21 Å². The van der Waals surface area contributed by atoms with E-state index < -0.39 is 0 Å². The highest BCUT2D eigenvalue weighted by Gasteiger charge is 2.03. The number of nitrogens with zero attached hydrogens (tertiary/aromatic N) is 1. The van der Waals surface area contributed by atoms with Gasteiger partial charge in [0.1, 0.15) is 5.75 Å². The normalized spacial score (nSPS) is 10.3. The molecule has 2 aromatic rings. The van der Waals surface area contributed by atoms with Crippen molar-refractivity contribution in [1.29, 1.82) is 0 Å². The summed E-state index contributed by atoms with van der Waals surface area (Å²) in [6.45, 7) is 1.91. The van der Waals surface area contributed by atoms with Crippen molar-refractivity contribution in [3.8, 4) is 18.1 Å². The first-order chi connectivity index (χ1) is 10.1. The van der Waals surface area contributed by atoms with Crippen LogP contribution in [0.25, 0.3) is 0 Å². The van der Waals surface area contributed by atoms with Gasteiger partial charge in [0.25, 0.3) is 5.91 Å². The number of phenolic OH excluding ortho intramolecular Hbond substituents is 1. The van der Waals surface area contributed by atoms with E-state index in [2.05, 4.69) is 16.4 Å². The monoisotopic (exact) mass is 278 g/mol. The molecule has 0 heterocycles. The van der Waals surface area contributed by atoms with Crippen LogP contribution < -0.4 is 5.43 Å². The Hall–Kier alpha value is -3.06. The molecule has 2 aromatic carbocycles. The van der Waals surface area contributed by atoms with Gasteiger partial charge < -0.3 is 5.11 Å². The van der Waals surface area contributed by atoms with Gasteiger partial charge in [-0.2, -0.15) is 5.10 Å². The van der Waals surface area contributed by atoms with Crippen LogP contribution in [-0.4, -0.2) is 17.2 Å². The van der Waals surface area contributed by atoms with E-state index in [0.29, 0.717) is 16.7 Å². The molecule has 0 unspecified atom stereocenters. The third kappa shape index (κ3) is 3.71. The summed E-state index contributed by atoms with van der Waals surface area (Å²) in [5.41, 5.74) is 5.10. The SMILES string of the molecule is C#Cc1ccc(C(=O)N/N=C/c2cc(C)ccc2O)cc1. The third-order valence-electron chi connectivity index (χ3n) is 2.87. The van der Waals surface area contributed by atoms with Crippen LogP contribution in [0.2, 0.25) is 0 Å². The van der Waals surface area contributed by atoms with Crippen molar-refractivity contribution in [1.82, 2.24) is 5.43 Å². The van der Waals surface area contributed by atoms with Gasteiger partial charge in [-0.25, -0.2) is 5.43 Å². The number of hydrogen-bond donors (Lipinski definition) is 2. The first kappa shape index (κ1) is 14.4. The Balaban J connectivity index is 2.04. The van der Waals surface area contributed by atoms with Crippen LogP contribution in [-0.2, 0) is 0 Å². The summed E-state index contributed by atoms with van der Waals surface area (Å²) in [5.74, 6) is 2.24. The fourth-order valence-electron chi connectivity index (χ4n) is 1.72. The number of nitrogens with one attached hydrogen (secondary N) is 1. The van der Waals surface area contributed by atoms with Gasteiger partial charge in [0, 0.05) is 16.7 Å². The molecule has 0 aromatic heterocycles. The Morgan fingerprint density at radius 1 is 1.29 bits per heavy atom.